The van der Waals surface area contributed by atoms with Gasteiger partial charge in [0.2, 0.25) is 5.91 Å². The zero-order chi connectivity index (χ0) is 20.3. The van der Waals surface area contributed by atoms with Crippen LogP contribution in [-0.4, -0.2) is 38.0 Å². The van der Waals surface area contributed by atoms with Crippen molar-refractivity contribution in [3.05, 3.63) is 59.4 Å². The first-order chi connectivity index (χ1) is 13.4. The number of primary amides is 1. The first-order valence-corrected chi connectivity index (χ1v) is 9.33. The van der Waals surface area contributed by atoms with Crippen LogP contribution in [0.2, 0.25) is 0 Å². The molecule has 7 heteroatoms. The van der Waals surface area contributed by atoms with Crippen LogP contribution < -0.4 is 5.73 Å². The summed E-state index contributed by atoms with van der Waals surface area (Å²) in [6.07, 6.45) is 1.84. The molecule has 0 aliphatic carbocycles. The van der Waals surface area contributed by atoms with Gasteiger partial charge in [-0.3, -0.25) is 9.59 Å². The minimum absolute atomic E-state index is 0.110. The van der Waals surface area contributed by atoms with E-state index in [1.54, 1.807) is 11.1 Å². The van der Waals surface area contributed by atoms with Crippen LogP contribution in [0.5, 0.6) is 0 Å². The Balaban J connectivity index is 1.94. The number of fused-ring (bicyclic) bond motifs is 1. The minimum Gasteiger partial charge on any atom is -0.370 e. The number of nitrogens with zero attached hydrogens (tertiary/aromatic N) is 4. The third-order valence-electron chi connectivity index (χ3n) is 4.61. The Bertz CT molecular complexity index is 995. The van der Waals surface area contributed by atoms with Crippen LogP contribution in [-0.2, 0) is 11.3 Å². The molecule has 3 aromatic rings. The molecule has 0 aliphatic rings. The highest BCUT2D eigenvalue weighted by Gasteiger charge is 2.21. The van der Waals surface area contributed by atoms with Gasteiger partial charge in [0.1, 0.15) is 0 Å². The fourth-order valence-electron chi connectivity index (χ4n) is 3.13. The highest BCUT2D eigenvalue weighted by molar-refractivity contribution is 5.98. The first-order valence-electron chi connectivity index (χ1n) is 9.33. The second-order valence-corrected chi connectivity index (χ2v) is 7.15. The molecule has 0 bridgehead atoms. The van der Waals surface area contributed by atoms with Crippen molar-refractivity contribution in [3.8, 4) is 0 Å². The summed E-state index contributed by atoms with van der Waals surface area (Å²) >= 11 is 0. The number of benzene rings is 1. The lowest BCUT2D eigenvalue weighted by Crippen LogP contribution is -2.34. The lowest BCUT2D eigenvalue weighted by Gasteiger charge is -2.23. The van der Waals surface area contributed by atoms with Crippen molar-refractivity contribution >= 4 is 22.8 Å². The number of amides is 2. The molecule has 0 spiro atoms. The third kappa shape index (κ3) is 4.19. The molecule has 1 aromatic carbocycles. The van der Waals surface area contributed by atoms with Crippen LogP contribution in [0.25, 0.3) is 11.0 Å². The number of rotatable bonds is 7. The maximum Gasteiger partial charge on any atom is 0.256 e. The van der Waals surface area contributed by atoms with E-state index >= 15 is 0 Å². The lowest BCUT2D eigenvalue weighted by molar-refractivity contribution is -0.118. The quantitative estimate of drug-likeness (QED) is 0.683. The van der Waals surface area contributed by atoms with Crippen LogP contribution in [0.1, 0.15) is 47.9 Å². The smallest absolute Gasteiger partial charge is 0.256 e. The summed E-state index contributed by atoms with van der Waals surface area (Å²) in [4.78, 5) is 30.8. The molecule has 2 heterocycles. The van der Waals surface area contributed by atoms with Gasteiger partial charge in [-0.25, -0.2) is 9.67 Å². The van der Waals surface area contributed by atoms with Gasteiger partial charge in [0.15, 0.2) is 5.65 Å². The normalized spacial score (nSPS) is 11.1. The maximum absolute atomic E-state index is 13.3. The predicted molar refractivity (Wildman–Crippen MR) is 108 cm³/mol. The first kappa shape index (κ1) is 19.5. The molecule has 3 rings (SSSR count). The van der Waals surface area contributed by atoms with Crippen LogP contribution in [0.3, 0.4) is 0 Å². The summed E-state index contributed by atoms with van der Waals surface area (Å²) in [7, 11) is 0. The fourth-order valence-corrected chi connectivity index (χ4v) is 3.13. The van der Waals surface area contributed by atoms with Gasteiger partial charge in [-0.15, -0.1) is 0 Å². The number of aromatic nitrogens is 3. The van der Waals surface area contributed by atoms with E-state index < -0.39 is 5.91 Å². The van der Waals surface area contributed by atoms with E-state index in [1.807, 2.05) is 61.9 Å². The van der Waals surface area contributed by atoms with E-state index in [1.165, 1.54) is 0 Å². The maximum atomic E-state index is 13.3. The number of aryl methyl sites for hydroxylation is 1. The second kappa shape index (κ2) is 8.21. The van der Waals surface area contributed by atoms with Gasteiger partial charge in [0.05, 0.1) is 17.5 Å². The number of pyridine rings is 1. The Morgan fingerprint density at radius 1 is 1.21 bits per heavy atom. The summed E-state index contributed by atoms with van der Waals surface area (Å²) in [6.45, 7) is 6.54. The molecule has 28 heavy (non-hydrogen) atoms. The largest absolute Gasteiger partial charge is 0.370 e. The van der Waals surface area contributed by atoms with Crippen LogP contribution in [0, 0.1) is 6.92 Å². The standard InChI is InChI=1S/C21H25N5O2/c1-14(2)26-20-17(12-23-26)11-18(15(3)24-20)21(28)25(10-9-19(22)27)13-16-7-5-4-6-8-16/h4-8,11-12,14H,9-10,13H2,1-3H3,(H2,22,27). The lowest BCUT2D eigenvalue weighted by atomic mass is 10.1. The number of nitrogens with two attached hydrogens (primary N) is 1. The van der Waals surface area contributed by atoms with E-state index in [-0.39, 0.29) is 24.9 Å². The molecule has 0 fully saturated rings. The van der Waals surface area contributed by atoms with Crippen molar-refractivity contribution in [2.75, 3.05) is 6.54 Å². The van der Waals surface area contributed by atoms with Crippen LogP contribution >= 0.6 is 0 Å². The number of hydrogen-bond acceptors (Lipinski definition) is 4. The van der Waals surface area contributed by atoms with E-state index in [9.17, 15) is 9.59 Å². The van der Waals surface area contributed by atoms with Crippen molar-refractivity contribution in [1.82, 2.24) is 19.7 Å². The van der Waals surface area contributed by atoms with Gasteiger partial charge >= 0.3 is 0 Å². The molecule has 7 nitrogen and oxygen atoms in total. The van der Waals surface area contributed by atoms with Crippen molar-refractivity contribution < 1.29 is 9.59 Å². The zero-order valence-corrected chi connectivity index (χ0v) is 16.4. The molecule has 0 radical (unpaired) electrons. The van der Waals surface area contributed by atoms with Gasteiger partial charge < -0.3 is 10.6 Å². The Morgan fingerprint density at radius 3 is 2.57 bits per heavy atom. The van der Waals surface area contributed by atoms with Gasteiger partial charge in [-0.2, -0.15) is 5.10 Å². The van der Waals surface area contributed by atoms with E-state index in [0.717, 1.165) is 16.6 Å². The molecule has 0 saturated carbocycles. The fraction of sp³-hybridized carbons (Fsp3) is 0.333. The van der Waals surface area contributed by atoms with E-state index in [2.05, 4.69) is 10.1 Å². The Morgan fingerprint density at radius 2 is 1.93 bits per heavy atom. The molecular formula is C21H25N5O2. The number of carbonyl (C=O) groups is 2. The van der Waals surface area contributed by atoms with Gasteiger partial charge in [0.25, 0.3) is 5.91 Å². The van der Waals surface area contributed by atoms with Gasteiger partial charge in [-0.05, 0) is 32.4 Å². The number of carbonyl (C=O) groups excluding carboxylic acids is 2. The van der Waals surface area contributed by atoms with Crippen molar-refractivity contribution in [1.29, 1.82) is 0 Å². The highest BCUT2D eigenvalue weighted by atomic mass is 16.2. The van der Waals surface area contributed by atoms with Crippen molar-refractivity contribution in [2.24, 2.45) is 5.73 Å². The molecule has 146 valence electrons. The molecule has 0 atom stereocenters. The minimum atomic E-state index is -0.436. The molecule has 2 N–H and O–H groups in total. The summed E-state index contributed by atoms with van der Waals surface area (Å²) in [5.41, 5.74) is 8.20. The number of hydrogen-bond donors (Lipinski definition) is 1. The van der Waals surface area contributed by atoms with Gasteiger partial charge in [0, 0.05) is 30.9 Å². The summed E-state index contributed by atoms with van der Waals surface area (Å²) in [5, 5.41) is 5.19. The predicted octanol–water partition coefficient (Wildman–Crippen LogP) is 2.84. The molecular weight excluding hydrogens is 354 g/mol. The summed E-state index contributed by atoms with van der Waals surface area (Å²) < 4.78 is 1.84. The molecule has 2 amide bonds. The Kier molecular flexibility index (Phi) is 5.73. The van der Waals surface area contributed by atoms with Gasteiger partial charge in [-0.1, -0.05) is 30.3 Å². The molecule has 2 aromatic heterocycles. The Hall–Kier alpha value is -3.22. The van der Waals surface area contributed by atoms with Crippen LogP contribution in [0.4, 0.5) is 0 Å². The topological polar surface area (TPSA) is 94.1 Å². The SMILES string of the molecule is Cc1nc2c(cnn2C(C)C)cc1C(=O)N(CCC(N)=O)Cc1ccccc1. The highest BCUT2D eigenvalue weighted by Crippen LogP contribution is 2.21. The zero-order valence-electron chi connectivity index (χ0n) is 16.4. The molecule has 0 aliphatic heterocycles. The van der Waals surface area contributed by atoms with Crippen molar-refractivity contribution in [2.45, 2.75) is 39.8 Å². The molecule has 0 saturated heterocycles. The average Bonchev–Trinajstić information content (AvgIpc) is 3.07. The Labute approximate surface area is 164 Å². The van der Waals surface area contributed by atoms with E-state index in [0.29, 0.717) is 17.8 Å². The molecule has 0 unspecified atom stereocenters. The van der Waals surface area contributed by atoms with E-state index in [4.69, 9.17) is 5.73 Å². The summed E-state index contributed by atoms with van der Waals surface area (Å²) in [6, 6.07) is 11.7. The average molecular weight is 379 g/mol. The summed E-state index contributed by atoms with van der Waals surface area (Å²) in [5.74, 6) is -0.608. The third-order valence-corrected chi connectivity index (χ3v) is 4.61. The van der Waals surface area contributed by atoms with Crippen molar-refractivity contribution in [3.63, 3.8) is 0 Å². The monoisotopic (exact) mass is 379 g/mol. The second-order valence-electron chi connectivity index (χ2n) is 7.15. The van der Waals surface area contributed by atoms with Crippen LogP contribution in [0.15, 0.2) is 42.6 Å².